The molecule has 0 fully saturated rings. The van der Waals surface area contributed by atoms with Crippen LogP contribution in [0, 0.1) is 12.7 Å². The van der Waals surface area contributed by atoms with Crippen LogP contribution in [0.2, 0.25) is 5.02 Å². The molecule has 0 bridgehead atoms. The van der Waals surface area contributed by atoms with E-state index in [0.717, 1.165) is 5.56 Å². The van der Waals surface area contributed by atoms with Crippen LogP contribution in [-0.2, 0) is 10.0 Å². The van der Waals surface area contributed by atoms with Gasteiger partial charge in [-0.15, -0.1) is 0 Å². The van der Waals surface area contributed by atoms with Crippen molar-refractivity contribution >= 4 is 33.2 Å². The Morgan fingerprint density at radius 1 is 0.967 bits per heavy atom. The van der Waals surface area contributed by atoms with Gasteiger partial charge in [0, 0.05) is 29.4 Å². The lowest BCUT2D eigenvalue weighted by molar-refractivity contribution is 0.0987. The van der Waals surface area contributed by atoms with E-state index in [-0.39, 0.29) is 23.9 Å². The number of hydrogen-bond donors (Lipinski definition) is 1. The van der Waals surface area contributed by atoms with Crippen LogP contribution in [0.1, 0.15) is 15.9 Å². The van der Waals surface area contributed by atoms with E-state index in [0.29, 0.717) is 16.3 Å². The number of halogens is 2. The van der Waals surface area contributed by atoms with Gasteiger partial charge in [-0.05, 0) is 67.6 Å². The van der Waals surface area contributed by atoms with E-state index in [4.69, 9.17) is 11.6 Å². The summed E-state index contributed by atoms with van der Waals surface area (Å²) in [7, 11) is -3.72. The molecule has 0 aromatic heterocycles. The van der Waals surface area contributed by atoms with Crippen LogP contribution in [0.4, 0.5) is 10.1 Å². The monoisotopic (exact) mass is 446 g/mol. The molecule has 0 aliphatic carbocycles. The van der Waals surface area contributed by atoms with Gasteiger partial charge >= 0.3 is 0 Å². The van der Waals surface area contributed by atoms with Crippen LogP contribution in [-0.4, -0.2) is 27.4 Å². The number of aryl methyl sites for hydroxylation is 1. The Hall–Kier alpha value is -2.74. The first kappa shape index (κ1) is 22.0. The fraction of sp³-hybridized carbons (Fsp3) is 0.136. The average Bonchev–Trinajstić information content (AvgIpc) is 2.72. The molecule has 1 N–H and O–H groups in total. The summed E-state index contributed by atoms with van der Waals surface area (Å²) in [4.78, 5) is 14.5. The lowest BCUT2D eigenvalue weighted by Gasteiger charge is -2.23. The van der Waals surface area contributed by atoms with Gasteiger partial charge in [-0.25, -0.2) is 17.5 Å². The van der Waals surface area contributed by atoms with Gasteiger partial charge in [0.2, 0.25) is 10.0 Å². The van der Waals surface area contributed by atoms with Gasteiger partial charge in [0.1, 0.15) is 5.82 Å². The summed E-state index contributed by atoms with van der Waals surface area (Å²) in [6.07, 6.45) is 0. The summed E-state index contributed by atoms with van der Waals surface area (Å²) in [5, 5.41) is 0.491. The predicted molar refractivity (Wildman–Crippen MR) is 116 cm³/mol. The fourth-order valence-corrected chi connectivity index (χ4v) is 3.96. The molecule has 0 unspecified atom stereocenters. The number of nitrogens with zero attached hydrogens (tertiary/aromatic N) is 1. The normalized spacial score (nSPS) is 11.3. The van der Waals surface area contributed by atoms with Crippen LogP contribution in [0.3, 0.4) is 0 Å². The lowest BCUT2D eigenvalue weighted by Crippen LogP contribution is -2.38. The summed E-state index contributed by atoms with van der Waals surface area (Å²) < 4.78 is 40.8. The van der Waals surface area contributed by atoms with Gasteiger partial charge < -0.3 is 4.90 Å². The Bertz CT molecular complexity index is 1120. The van der Waals surface area contributed by atoms with Crippen molar-refractivity contribution in [3.8, 4) is 0 Å². The summed E-state index contributed by atoms with van der Waals surface area (Å²) >= 11 is 5.89. The van der Waals surface area contributed by atoms with Crippen LogP contribution < -0.4 is 9.62 Å². The van der Waals surface area contributed by atoms with E-state index in [9.17, 15) is 17.6 Å². The molecule has 3 rings (SSSR count). The minimum Gasteiger partial charge on any atom is -0.307 e. The van der Waals surface area contributed by atoms with Crippen molar-refractivity contribution in [2.24, 2.45) is 0 Å². The zero-order chi connectivity index (χ0) is 21.7. The lowest BCUT2D eigenvalue weighted by atomic mass is 10.1. The Labute approximate surface area is 180 Å². The molecule has 30 heavy (non-hydrogen) atoms. The largest absolute Gasteiger partial charge is 0.307 e. The first-order chi connectivity index (χ1) is 14.3. The van der Waals surface area contributed by atoms with Crippen molar-refractivity contribution < 1.29 is 17.6 Å². The van der Waals surface area contributed by atoms with Gasteiger partial charge in [0.15, 0.2) is 0 Å². The standard InChI is InChI=1S/C22H20ClFN2O3S/c1-16-2-12-21(13-3-16)30(28,29)25-14-15-26(20-10-8-19(24)9-11-20)22(27)17-4-6-18(23)7-5-17/h2-13,25H,14-15H2,1H3. The van der Waals surface area contributed by atoms with Gasteiger partial charge in [-0.1, -0.05) is 29.3 Å². The topological polar surface area (TPSA) is 66.5 Å². The zero-order valence-corrected chi connectivity index (χ0v) is 17.8. The van der Waals surface area contributed by atoms with E-state index >= 15 is 0 Å². The number of amides is 1. The number of sulfonamides is 1. The molecule has 0 heterocycles. The molecule has 0 atom stereocenters. The molecule has 5 nitrogen and oxygen atoms in total. The smallest absolute Gasteiger partial charge is 0.258 e. The molecule has 0 spiro atoms. The fourth-order valence-electron chi connectivity index (χ4n) is 2.81. The highest BCUT2D eigenvalue weighted by Gasteiger charge is 2.20. The number of benzene rings is 3. The highest BCUT2D eigenvalue weighted by atomic mass is 35.5. The summed E-state index contributed by atoms with van der Waals surface area (Å²) in [5.41, 5.74) is 1.78. The Morgan fingerprint density at radius 2 is 1.57 bits per heavy atom. The number of anilines is 1. The van der Waals surface area contributed by atoms with Crippen molar-refractivity contribution in [2.75, 3.05) is 18.0 Å². The van der Waals surface area contributed by atoms with Crippen LogP contribution in [0.25, 0.3) is 0 Å². The molecule has 0 saturated heterocycles. The van der Waals surface area contributed by atoms with Crippen LogP contribution in [0.15, 0.2) is 77.7 Å². The van der Waals surface area contributed by atoms with E-state index in [2.05, 4.69) is 4.72 Å². The average molecular weight is 447 g/mol. The molecule has 156 valence electrons. The number of rotatable bonds is 7. The third-order valence-corrected chi connectivity index (χ3v) is 6.16. The molecule has 8 heteroatoms. The maximum atomic E-state index is 13.3. The van der Waals surface area contributed by atoms with Crippen molar-refractivity contribution in [3.05, 3.63) is 94.8 Å². The summed E-state index contributed by atoms with van der Waals surface area (Å²) in [5.74, 6) is -0.787. The minimum absolute atomic E-state index is 0.0209. The Kier molecular flexibility index (Phi) is 6.87. The van der Waals surface area contributed by atoms with E-state index < -0.39 is 15.8 Å². The first-order valence-electron chi connectivity index (χ1n) is 9.15. The van der Waals surface area contributed by atoms with Gasteiger partial charge in [0.25, 0.3) is 5.91 Å². The number of hydrogen-bond acceptors (Lipinski definition) is 3. The van der Waals surface area contributed by atoms with Gasteiger partial charge in [-0.2, -0.15) is 0 Å². The third-order valence-electron chi connectivity index (χ3n) is 4.43. The van der Waals surface area contributed by atoms with Crippen LogP contribution >= 0.6 is 11.6 Å². The van der Waals surface area contributed by atoms with Crippen molar-refractivity contribution in [1.29, 1.82) is 0 Å². The van der Waals surface area contributed by atoms with Gasteiger partial charge in [0.05, 0.1) is 4.90 Å². The molecule has 3 aromatic carbocycles. The van der Waals surface area contributed by atoms with Crippen molar-refractivity contribution in [2.45, 2.75) is 11.8 Å². The Morgan fingerprint density at radius 3 is 2.17 bits per heavy atom. The number of carbonyl (C=O) groups is 1. The molecule has 0 radical (unpaired) electrons. The third kappa shape index (κ3) is 5.44. The number of carbonyl (C=O) groups excluding carboxylic acids is 1. The highest BCUT2D eigenvalue weighted by Crippen LogP contribution is 2.19. The molecule has 3 aromatic rings. The van der Waals surface area contributed by atoms with Crippen molar-refractivity contribution in [3.63, 3.8) is 0 Å². The summed E-state index contributed by atoms with van der Waals surface area (Å²) in [6.45, 7) is 1.90. The molecular formula is C22H20ClFN2O3S. The van der Waals surface area contributed by atoms with Crippen LogP contribution in [0.5, 0.6) is 0 Å². The quantitative estimate of drug-likeness (QED) is 0.584. The summed E-state index contributed by atoms with van der Waals surface area (Å²) in [6, 6.07) is 18.2. The van der Waals surface area contributed by atoms with E-state index in [1.807, 2.05) is 6.92 Å². The molecule has 0 aliphatic rings. The maximum absolute atomic E-state index is 13.3. The maximum Gasteiger partial charge on any atom is 0.258 e. The van der Waals surface area contributed by atoms with E-state index in [1.165, 1.54) is 41.3 Å². The minimum atomic E-state index is -3.72. The number of nitrogens with one attached hydrogen (secondary N) is 1. The molecule has 0 aliphatic heterocycles. The second-order valence-corrected chi connectivity index (χ2v) is 8.85. The molecule has 0 saturated carbocycles. The molecule has 1 amide bonds. The second kappa shape index (κ2) is 9.38. The SMILES string of the molecule is Cc1ccc(S(=O)(=O)NCCN(C(=O)c2ccc(Cl)cc2)c2ccc(F)cc2)cc1. The second-order valence-electron chi connectivity index (χ2n) is 6.65. The predicted octanol–water partition coefficient (Wildman–Crippen LogP) is 4.41. The zero-order valence-electron chi connectivity index (χ0n) is 16.2. The first-order valence-corrected chi connectivity index (χ1v) is 11.0. The highest BCUT2D eigenvalue weighted by molar-refractivity contribution is 7.89. The van der Waals surface area contributed by atoms with E-state index in [1.54, 1.807) is 36.4 Å². The Balaban J connectivity index is 1.78. The van der Waals surface area contributed by atoms with Gasteiger partial charge in [-0.3, -0.25) is 4.79 Å². The molecular weight excluding hydrogens is 427 g/mol. The van der Waals surface area contributed by atoms with Crippen molar-refractivity contribution in [1.82, 2.24) is 4.72 Å².